The summed E-state index contributed by atoms with van der Waals surface area (Å²) in [5, 5.41) is 9.92. The van der Waals surface area contributed by atoms with E-state index >= 15 is 0 Å². The molecule has 0 saturated heterocycles. The van der Waals surface area contributed by atoms with Crippen LogP contribution in [-0.2, 0) is 10.0 Å². The predicted molar refractivity (Wildman–Crippen MR) is 106 cm³/mol. The van der Waals surface area contributed by atoms with E-state index in [0.717, 1.165) is 16.7 Å². The van der Waals surface area contributed by atoms with E-state index < -0.39 is 10.0 Å². The highest BCUT2D eigenvalue weighted by atomic mass is 32.2. The summed E-state index contributed by atoms with van der Waals surface area (Å²) in [6.45, 7) is 3.83. The Bertz CT molecular complexity index is 1090. The van der Waals surface area contributed by atoms with Crippen LogP contribution in [0.2, 0.25) is 0 Å². The van der Waals surface area contributed by atoms with Crippen LogP contribution < -0.4 is 0 Å². The number of allylic oxidation sites excluding steroid dienone is 2. The lowest BCUT2D eigenvalue weighted by molar-refractivity contribution is 0.598. The summed E-state index contributed by atoms with van der Waals surface area (Å²) < 4.78 is 28.8. The van der Waals surface area contributed by atoms with E-state index in [0.29, 0.717) is 15.5 Å². The number of aryl methyl sites for hydroxylation is 2. The van der Waals surface area contributed by atoms with Crippen molar-refractivity contribution in [2.24, 2.45) is 4.40 Å². The van der Waals surface area contributed by atoms with Gasteiger partial charge in [-0.05, 0) is 49.3 Å². The van der Waals surface area contributed by atoms with Crippen LogP contribution in [0, 0.1) is 25.2 Å². The third-order valence-electron chi connectivity index (χ3n) is 3.89. The summed E-state index contributed by atoms with van der Waals surface area (Å²) in [7, 11) is -3.78. The van der Waals surface area contributed by atoms with Crippen LogP contribution >= 0.6 is 11.8 Å². The Balaban J connectivity index is 1.94. The SMILES string of the molecule is Cc1ccc(S(=O)(=O)/N=C2C=C/C(=C(/C#N)c3ccccc3C)S/2)cc1. The zero-order chi connectivity index (χ0) is 18.7. The molecular weight excluding hydrogens is 364 g/mol. The fourth-order valence-electron chi connectivity index (χ4n) is 2.49. The van der Waals surface area contributed by atoms with Crippen LogP contribution in [-0.4, -0.2) is 13.5 Å². The van der Waals surface area contributed by atoms with Crippen molar-refractivity contribution in [2.45, 2.75) is 18.7 Å². The van der Waals surface area contributed by atoms with Gasteiger partial charge in [0.15, 0.2) is 0 Å². The maximum absolute atomic E-state index is 12.5. The van der Waals surface area contributed by atoms with Gasteiger partial charge in [-0.2, -0.15) is 18.1 Å². The first-order chi connectivity index (χ1) is 12.4. The van der Waals surface area contributed by atoms with Gasteiger partial charge in [-0.25, -0.2) is 0 Å². The summed E-state index contributed by atoms with van der Waals surface area (Å²) in [6.07, 6.45) is 3.36. The van der Waals surface area contributed by atoms with Crippen molar-refractivity contribution in [3.8, 4) is 6.07 Å². The van der Waals surface area contributed by atoms with Crippen LogP contribution in [0.3, 0.4) is 0 Å². The second kappa shape index (κ2) is 7.32. The standard InChI is InChI=1S/C20H16N2O2S2/c1-14-7-9-16(10-8-14)26(23,24)22-20-12-11-19(25-20)18(13-21)17-6-4-3-5-15(17)2/h3-12H,1-2H3/b19-18+,22-20-. The number of sulfonamides is 1. The highest BCUT2D eigenvalue weighted by Gasteiger charge is 2.20. The molecule has 0 N–H and O–H groups in total. The van der Waals surface area contributed by atoms with Gasteiger partial charge in [0.25, 0.3) is 10.0 Å². The largest absolute Gasteiger partial charge is 0.283 e. The average Bonchev–Trinajstić information content (AvgIpc) is 3.05. The third-order valence-corrected chi connectivity index (χ3v) is 6.31. The van der Waals surface area contributed by atoms with E-state index in [9.17, 15) is 13.7 Å². The molecule has 0 amide bonds. The number of nitrogens with zero attached hydrogens (tertiary/aromatic N) is 2. The number of nitriles is 1. The minimum Gasteiger partial charge on any atom is -0.199 e. The average molecular weight is 380 g/mol. The number of hydrogen-bond acceptors (Lipinski definition) is 4. The Hall–Kier alpha value is -2.62. The van der Waals surface area contributed by atoms with Crippen LogP contribution in [0.15, 0.2) is 74.9 Å². The van der Waals surface area contributed by atoms with Crippen molar-refractivity contribution in [3.05, 3.63) is 82.3 Å². The van der Waals surface area contributed by atoms with E-state index in [2.05, 4.69) is 10.5 Å². The van der Waals surface area contributed by atoms with Crippen LogP contribution in [0.4, 0.5) is 0 Å². The zero-order valence-corrected chi connectivity index (χ0v) is 15.9. The van der Waals surface area contributed by atoms with Crippen molar-refractivity contribution < 1.29 is 8.42 Å². The molecule has 0 bridgehead atoms. The minimum absolute atomic E-state index is 0.154. The van der Waals surface area contributed by atoms with Gasteiger partial charge in [0, 0.05) is 4.91 Å². The molecule has 0 atom stereocenters. The highest BCUT2D eigenvalue weighted by molar-refractivity contribution is 8.18. The van der Waals surface area contributed by atoms with Crippen molar-refractivity contribution in [3.63, 3.8) is 0 Å². The Labute approximate surface area is 157 Å². The molecule has 0 aliphatic carbocycles. The molecule has 130 valence electrons. The third kappa shape index (κ3) is 3.79. The lowest BCUT2D eigenvalue weighted by atomic mass is 10.0. The molecule has 0 fully saturated rings. The lowest BCUT2D eigenvalue weighted by Gasteiger charge is -2.06. The monoisotopic (exact) mass is 380 g/mol. The maximum atomic E-state index is 12.5. The topological polar surface area (TPSA) is 70.3 Å². The molecule has 1 aliphatic rings. The normalized spacial score (nSPS) is 17.3. The van der Waals surface area contributed by atoms with Gasteiger partial charge in [-0.1, -0.05) is 53.7 Å². The molecule has 1 heterocycles. The van der Waals surface area contributed by atoms with Gasteiger partial charge in [-0.3, -0.25) is 0 Å². The van der Waals surface area contributed by atoms with Crippen LogP contribution in [0.25, 0.3) is 5.57 Å². The summed E-state index contributed by atoms with van der Waals surface area (Å²) in [6, 6.07) is 16.4. The first kappa shape index (κ1) is 18.2. The first-order valence-electron chi connectivity index (χ1n) is 7.88. The quantitative estimate of drug-likeness (QED) is 0.728. The number of benzene rings is 2. The van der Waals surface area contributed by atoms with Gasteiger partial charge in [0.2, 0.25) is 0 Å². The van der Waals surface area contributed by atoms with Gasteiger partial charge in [0.1, 0.15) is 11.1 Å². The highest BCUT2D eigenvalue weighted by Crippen LogP contribution is 2.35. The maximum Gasteiger partial charge on any atom is 0.283 e. The molecule has 0 saturated carbocycles. The van der Waals surface area contributed by atoms with E-state index in [1.165, 1.54) is 11.8 Å². The van der Waals surface area contributed by atoms with Crippen molar-refractivity contribution in [2.75, 3.05) is 0 Å². The number of rotatable bonds is 3. The second-order valence-electron chi connectivity index (χ2n) is 5.82. The predicted octanol–water partition coefficient (Wildman–Crippen LogP) is 4.63. The van der Waals surface area contributed by atoms with Crippen LogP contribution in [0.5, 0.6) is 0 Å². The Morgan fingerprint density at radius 1 is 1.04 bits per heavy atom. The summed E-state index contributed by atoms with van der Waals surface area (Å²) >= 11 is 1.19. The summed E-state index contributed by atoms with van der Waals surface area (Å²) in [4.78, 5) is 0.848. The van der Waals surface area contributed by atoms with Crippen molar-refractivity contribution >= 4 is 32.4 Å². The van der Waals surface area contributed by atoms with E-state index in [1.807, 2.05) is 38.1 Å². The smallest absolute Gasteiger partial charge is 0.199 e. The molecule has 0 unspecified atom stereocenters. The van der Waals surface area contributed by atoms with E-state index in [1.54, 1.807) is 36.4 Å². The summed E-state index contributed by atoms with van der Waals surface area (Å²) in [5.41, 5.74) is 3.32. The molecule has 0 radical (unpaired) electrons. The van der Waals surface area contributed by atoms with Crippen molar-refractivity contribution in [1.82, 2.24) is 0 Å². The Kier molecular flexibility index (Phi) is 5.12. The molecule has 0 aromatic heterocycles. The summed E-state index contributed by atoms with van der Waals surface area (Å²) in [5.74, 6) is 0. The molecular formula is C20H16N2O2S2. The van der Waals surface area contributed by atoms with Crippen LogP contribution in [0.1, 0.15) is 16.7 Å². The van der Waals surface area contributed by atoms with Gasteiger partial charge < -0.3 is 0 Å². The molecule has 3 rings (SSSR count). The van der Waals surface area contributed by atoms with Crippen molar-refractivity contribution in [1.29, 1.82) is 5.26 Å². The molecule has 26 heavy (non-hydrogen) atoms. The lowest BCUT2D eigenvalue weighted by Crippen LogP contribution is -1.99. The minimum atomic E-state index is -3.78. The molecule has 4 nitrogen and oxygen atoms in total. The van der Waals surface area contributed by atoms with Gasteiger partial charge >= 0.3 is 0 Å². The first-order valence-corrected chi connectivity index (χ1v) is 10.1. The fraction of sp³-hybridized carbons (Fsp3) is 0.100. The molecule has 6 heteroatoms. The molecule has 2 aromatic carbocycles. The second-order valence-corrected chi connectivity index (χ2v) is 8.49. The molecule has 2 aromatic rings. The Morgan fingerprint density at radius 3 is 2.38 bits per heavy atom. The fourth-order valence-corrected chi connectivity index (χ4v) is 4.58. The zero-order valence-electron chi connectivity index (χ0n) is 14.3. The number of hydrogen-bond donors (Lipinski definition) is 0. The number of thioether (sulfide) groups is 1. The van der Waals surface area contributed by atoms with E-state index in [-0.39, 0.29) is 4.90 Å². The molecule has 1 aliphatic heterocycles. The van der Waals surface area contributed by atoms with Gasteiger partial charge in [-0.15, -0.1) is 0 Å². The van der Waals surface area contributed by atoms with Gasteiger partial charge in [0.05, 0.1) is 10.5 Å². The molecule has 0 spiro atoms. The van der Waals surface area contributed by atoms with E-state index in [4.69, 9.17) is 0 Å². The Morgan fingerprint density at radius 2 is 1.73 bits per heavy atom.